The highest BCUT2D eigenvalue weighted by molar-refractivity contribution is 9.11. The third-order valence-corrected chi connectivity index (χ3v) is 4.60. The molecule has 3 nitrogen and oxygen atoms in total. The van der Waals surface area contributed by atoms with Crippen LogP contribution in [0.3, 0.4) is 0 Å². The van der Waals surface area contributed by atoms with E-state index in [1.165, 1.54) is 11.3 Å². The number of ether oxygens (including phenoxy) is 1. The summed E-state index contributed by atoms with van der Waals surface area (Å²) < 4.78 is 6.60. The van der Waals surface area contributed by atoms with Gasteiger partial charge in [0.2, 0.25) is 0 Å². The molecule has 5 heteroatoms. The van der Waals surface area contributed by atoms with Gasteiger partial charge in [0, 0.05) is 6.54 Å². The first kappa shape index (κ1) is 13.1. The van der Waals surface area contributed by atoms with Gasteiger partial charge >= 0.3 is 0 Å². The normalized spacial score (nSPS) is 25.0. The van der Waals surface area contributed by atoms with Crippen LogP contribution in [0.25, 0.3) is 0 Å². The van der Waals surface area contributed by atoms with Crippen LogP contribution in [0.1, 0.15) is 29.9 Å². The van der Waals surface area contributed by atoms with E-state index in [9.17, 15) is 4.79 Å². The molecule has 1 aromatic heterocycles. The molecule has 1 saturated heterocycles. The van der Waals surface area contributed by atoms with Crippen molar-refractivity contribution in [2.75, 3.05) is 13.2 Å². The minimum absolute atomic E-state index is 0.128. The molecule has 2 heterocycles. The summed E-state index contributed by atoms with van der Waals surface area (Å²) in [5, 5.41) is 0. The van der Waals surface area contributed by atoms with E-state index in [-0.39, 0.29) is 18.1 Å². The summed E-state index contributed by atoms with van der Waals surface area (Å²) >= 11 is 4.88. The number of hydrogen-bond acceptors (Lipinski definition) is 3. The van der Waals surface area contributed by atoms with Gasteiger partial charge in [-0.05, 0) is 41.4 Å². The highest BCUT2D eigenvalue weighted by Gasteiger charge is 2.30. The van der Waals surface area contributed by atoms with Gasteiger partial charge in [-0.25, -0.2) is 0 Å². The van der Waals surface area contributed by atoms with Crippen molar-refractivity contribution in [2.45, 2.75) is 32.4 Å². The molecule has 94 valence electrons. The van der Waals surface area contributed by atoms with Gasteiger partial charge in [0.1, 0.15) is 0 Å². The Kier molecular flexibility index (Phi) is 4.22. The highest BCUT2D eigenvalue weighted by atomic mass is 79.9. The van der Waals surface area contributed by atoms with Crippen molar-refractivity contribution in [3.05, 3.63) is 20.8 Å². The van der Waals surface area contributed by atoms with E-state index in [1.807, 2.05) is 24.0 Å². The fourth-order valence-corrected chi connectivity index (χ4v) is 3.34. The average Bonchev–Trinajstić information content (AvgIpc) is 2.75. The summed E-state index contributed by atoms with van der Waals surface area (Å²) in [5.74, 6) is 0.128. The molecule has 0 saturated carbocycles. The smallest absolute Gasteiger partial charge is 0.264 e. The Morgan fingerprint density at radius 2 is 2.41 bits per heavy atom. The topological polar surface area (TPSA) is 29.5 Å². The van der Waals surface area contributed by atoms with Crippen molar-refractivity contribution in [3.8, 4) is 0 Å². The Balaban J connectivity index is 2.16. The van der Waals surface area contributed by atoms with Gasteiger partial charge in [0.05, 0.1) is 27.4 Å². The second-order valence-corrected chi connectivity index (χ2v) is 6.73. The van der Waals surface area contributed by atoms with Crippen LogP contribution in [0.15, 0.2) is 15.9 Å². The highest BCUT2D eigenvalue weighted by Crippen LogP contribution is 2.25. The van der Waals surface area contributed by atoms with Gasteiger partial charge in [-0.15, -0.1) is 11.3 Å². The van der Waals surface area contributed by atoms with Gasteiger partial charge in [0.15, 0.2) is 0 Å². The largest absolute Gasteiger partial charge is 0.375 e. The Hall–Kier alpha value is -0.390. The van der Waals surface area contributed by atoms with E-state index < -0.39 is 0 Å². The Morgan fingerprint density at radius 1 is 1.65 bits per heavy atom. The number of thiophene rings is 1. The zero-order chi connectivity index (χ0) is 12.4. The maximum Gasteiger partial charge on any atom is 0.264 e. The molecule has 1 fully saturated rings. The summed E-state index contributed by atoms with van der Waals surface area (Å²) in [6, 6.07) is 4.01. The Morgan fingerprint density at radius 3 is 3.00 bits per heavy atom. The average molecular weight is 318 g/mol. The van der Waals surface area contributed by atoms with Gasteiger partial charge in [-0.2, -0.15) is 0 Å². The molecular weight excluding hydrogens is 302 g/mol. The van der Waals surface area contributed by atoms with Crippen molar-refractivity contribution >= 4 is 33.2 Å². The molecule has 17 heavy (non-hydrogen) atoms. The molecule has 1 aliphatic rings. The molecule has 0 N–H and O–H groups in total. The lowest BCUT2D eigenvalue weighted by molar-refractivity contribution is -0.0442. The molecule has 0 bridgehead atoms. The van der Waals surface area contributed by atoms with Gasteiger partial charge in [-0.3, -0.25) is 4.79 Å². The molecule has 0 radical (unpaired) electrons. The zero-order valence-corrected chi connectivity index (χ0v) is 12.4. The lowest BCUT2D eigenvalue weighted by atomic mass is 10.1. The summed E-state index contributed by atoms with van der Waals surface area (Å²) in [4.78, 5) is 15.1. The maximum absolute atomic E-state index is 12.4. The number of amides is 1. The summed E-state index contributed by atoms with van der Waals surface area (Å²) in [7, 11) is 0. The predicted octanol–water partition coefficient (Wildman–Crippen LogP) is 3.15. The molecule has 0 spiro atoms. The van der Waals surface area contributed by atoms with Crippen LogP contribution in [0.4, 0.5) is 0 Å². The minimum Gasteiger partial charge on any atom is -0.375 e. The summed E-state index contributed by atoms with van der Waals surface area (Å²) in [5.41, 5.74) is 0. The molecule has 0 aliphatic carbocycles. The van der Waals surface area contributed by atoms with Gasteiger partial charge in [-0.1, -0.05) is 6.92 Å². The second kappa shape index (κ2) is 5.50. The van der Waals surface area contributed by atoms with Crippen LogP contribution in [0.5, 0.6) is 0 Å². The fourth-order valence-electron chi connectivity index (χ4n) is 2.00. The minimum atomic E-state index is 0.128. The van der Waals surface area contributed by atoms with Crippen molar-refractivity contribution in [3.63, 3.8) is 0 Å². The molecule has 1 amide bonds. The number of morpholine rings is 1. The van der Waals surface area contributed by atoms with Crippen molar-refractivity contribution in [1.29, 1.82) is 0 Å². The molecule has 2 unspecified atom stereocenters. The first-order valence-corrected chi connectivity index (χ1v) is 7.40. The van der Waals surface area contributed by atoms with E-state index >= 15 is 0 Å². The summed E-state index contributed by atoms with van der Waals surface area (Å²) in [6.07, 6.45) is 1.07. The number of halogens is 1. The number of nitrogens with zero attached hydrogens (tertiary/aromatic N) is 1. The zero-order valence-electron chi connectivity index (χ0n) is 9.98. The van der Waals surface area contributed by atoms with Crippen LogP contribution < -0.4 is 0 Å². The van der Waals surface area contributed by atoms with Crippen LogP contribution >= 0.6 is 27.3 Å². The fraction of sp³-hybridized carbons (Fsp3) is 0.583. The number of carbonyl (C=O) groups excluding carboxylic acids is 1. The Bertz CT molecular complexity index is 407. The lowest BCUT2D eigenvalue weighted by Gasteiger charge is -2.38. The number of rotatable bonds is 2. The SMILES string of the molecule is CCC1COC(C)CN1C(=O)c1ccc(Br)s1. The first-order chi connectivity index (χ1) is 8.11. The van der Waals surface area contributed by atoms with Crippen LogP contribution in [0.2, 0.25) is 0 Å². The van der Waals surface area contributed by atoms with E-state index in [2.05, 4.69) is 22.9 Å². The van der Waals surface area contributed by atoms with Crippen LogP contribution in [0, 0.1) is 0 Å². The van der Waals surface area contributed by atoms with Crippen molar-refractivity contribution < 1.29 is 9.53 Å². The standard InChI is InChI=1S/C12H16BrNO2S/c1-3-9-7-16-8(2)6-14(9)12(15)10-4-5-11(13)17-10/h4-5,8-9H,3,6-7H2,1-2H3. The Labute approximate surface area is 114 Å². The van der Waals surface area contributed by atoms with E-state index in [0.29, 0.717) is 13.2 Å². The van der Waals surface area contributed by atoms with Gasteiger partial charge < -0.3 is 9.64 Å². The molecule has 2 atom stereocenters. The molecule has 0 aromatic carbocycles. The number of hydrogen-bond donors (Lipinski definition) is 0. The van der Waals surface area contributed by atoms with E-state index in [4.69, 9.17) is 4.74 Å². The maximum atomic E-state index is 12.4. The molecular formula is C12H16BrNO2S. The van der Waals surface area contributed by atoms with Gasteiger partial charge in [0.25, 0.3) is 5.91 Å². The van der Waals surface area contributed by atoms with Crippen molar-refractivity contribution in [2.24, 2.45) is 0 Å². The van der Waals surface area contributed by atoms with Crippen LogP contribution in [-0.4, -0.2) is 36.1 Å². The first-order valence-electron chi connectivity index (χ1n) is 5.79. The summed E-state index contributed by atoms with van der Waals surface area (Å²) in [6.45, 7) is 5.44. The van der Waals surface area contributed by atoms with Crippen LogP contribution in [-0.2, 0) is 4.74 Å². The van der Waals surface area contributed by atoms with Crippen molar-refractivity contribution in [1.82, 2.24) is 4.90 Å². The predicted molar refractivity (Wildman–Crippen MR) is 72.5 cm³/mol. The number of carbonyl (C=O) groups is 1. The second-order valence-electron chi connectivity index (χ2n) is 4.27. The lowest BCUT2D eigenvalue weighted by Crippen LogP contribution is -2.51. The monoisotopic (exact) mass is 317 g/mol. The van der Waals surface area contributed by atoms with E-state index in [0.717, 1.165) is 15.1 Å². The molecule has 1 aliphatic heterocycles. The van der Waals surface area contributed by atoms with E-state index in [1.54, 1.807) is 0 Å². The molecule has 1 aromatic rings. The third kappa shape index (κ3) is 2.89. The third-order valence-electron chi connectivity index (χ3n) is 2.98. The quantitative estimate of drug-likeness (QED) is 0.838. The molecule has 2 rings (SSSR count).